The highest BCUT2D eigenvalue weighted by atomic mass is 35.5. The minimum absolute atomic E-state index is 0. The molecule has 3 heterocycles. The molecule has 1 amide bonds. The number of hydrogen-bond acceptors (Lipinski definition) is 4. The number of aromatic nitrogens is 3. The van der Waals surface area contributed by atoms with Gasteiger partial charge in [-0.3, -0.25) is 4.79 Å². The Bertz CT molecular complexity index is 742. The van der Waals surface area contributed by atoms with Crippen molar-refractivity contribution in [2.24, 2.45) is 0 Å². The number of nitrogens with zero attached hydrogens (tertiary/aromatic N) is 4. The van der Waals surface area contributed by atoms with Crippen LogP contribution in [0.2, 0.25) is 0 Å². The lowest BCUT2D eigenvalue weighted by molar-refractivity contribution is -0.136. The van der Waals surface area contributed by atoms with Gasteiger partial charge in [-0.05, 0) is 31.9 Å². The number of piperidine rings is 1. The first kappa shape index (κ1) is 18.9. The predicted molar refractivity (Wildman–Crippen MR) is 102 cm³/mol. The van der Waals surface area contributed by atoms with Crippen LogP contribution in [-0.4, -0.2) is 44.7 Å². The van der Waals surface area contributed by atoms with Gasteiger partial charge in [0.2, 0.25) is 5.91 Å². The molecule has 2 atom stereocenters. The number of nitrogens with one attached hydrogen (secondary N) is 1. The van der Waals surface area contributed by atoms with E-state index in [1.165, 1.54) is 5.56 Å². The van der Waals surface area contributed by atoms with E-state index in [0.29, 0.717) is 6.54 Å². The second-order valence-corrected chi connectivity index (χ2v) is 7.14. The van der Waals surface area contributed by atoms with Gasteiger partial charge < -0.3 is 14.8 Å². The van der Waals surface area contributed by atoms with E-state index in [1.54, 1.807) is 0 Å². The van der Waals surface area contributed by atoms with E-state index in [9.17, 15) is 4.79 Å². The highest BCUT2D eigenvalue weighted by Crippen LogP contribution is 2.24. The summed E-state index contributed by atoms with van der Waals surface area (Å²) in [6.45, 7) is 4.37. The molecule has 26 heavy (non-hydrogen) atoms. The summed E-state index contributed by atoms with van der Waals surface area (Å²) in [5.74, 6) is 2.09. The van der Waals surface area contributed by atoms with Crippen LogP contribution in [0.25, 0.3) is 0 Å². The smallest absolute Gasteiger partial charge is 0.240 e. The van der Waals surface area contributed by atoms with E-state index >= 15 is 0 Å². The van der Waals surface area contributed by atoms with Crippen molar-refractivity contribution in [2.45, 2.75) is 51.2 Å². The third-order valence-electron chi connectivity index (χ3n) is 5.22. The molecule has 0 saturated carbocycles. The molecule has 1 N–H and O–H groups in total. The van der Waals surface area contributed by atoms with Crippen molar-refractivity contribution in [3.05, 3.63) is 47.5 Å². The van der Waals surface area contributed by atoms with Crippen molar-refractivity contribution in [1.82, 2.24) is 25.0 Å². The average Bonchev–Trinajstić information content (AvgIpc) is 3.06. The van der Waals surface area contributed by atoms with Gasteiger partial charge in [-0.2, -0.15) is 0 Å². The summed E-state index contributed by atoms with van der Waals surface area (Å²) in [6, 6.07) is 10.5. The van der Waals surface area contributed by atoms with Crippen LogP contribution < -0.4 is 5.32 Å². The number of rotatable bonds is 3. The minimum atomic E-state index is -0.0285. The van der Waals surface area contributed by atoms with Crippen molar-refractivity contribution in [2.75, 3.05) is 13.1 Å². The number of amides is 1. The second-order valence-electron chi connectivity index (χ2n) is 7.14. The Balaban J connectivity index is 0.00000196. The van der Waals surface area contributed by atoms with Crippen molar-refractivity contribution in [3.63, 3.8) is 0 Å². The molecule has 2 aliphatic rings. The molecule has 0 unspecified atom stereocenters. The second kappa shape index (κ2) is 8.18. The average molecular weight is 376 g/mol. The van der Waals surface area contributed by atoms with Gasteiger partial charge in [0.05, 0.1) is 18.6 Å². The topological polar surface area (TPSA) is 63.1 Å². The van der Waals surface area contributed by atoms with E-state index in [4.69, 9.17) is 0 Å². The molecule has 4 rings (SSSR count). The molecule has 1 fully saturated rings. The minimum Gasteiger partial charge on any atom is -0.332 e. The first-order valence-corrected chi connectivity index (χ1v) is 9.21. The van der Waals surface area contributed by atoms with Crippen LogP contribution in [0.5, 0.6) is 0 Å². The molecule has 1 aromatic heterocycles. The van der Waals surface area contributed by atoms with Gasteiger partial charge >= 0.3 is 0 Å². The highest BCUT2D eigenvalue weighted by molar-refractivity contribution is 5.85. The Morgan fingerprint density at radius 3 is 2.77 bits per heavy atom. The molecule has 140 valence electrons. The van der Waals surface area contributed by atoms with Crippen molar-refractivity contribution in [1.29, 1.82) is 0 Å². The normalized spacial score (nSPS) is 22.4. The predicted octanol–water partition coefficient (Wildman–Crippen LogP) is 2.34. The summed E-state index contributed by atoms with van der Waals surface area (Å²) in [5, 5.41) is 12.1. The molecule has 0 bridgehead atoms. The summed E-state index contributed by atoms with van der Waals surface area (Å²) >= 11 is 0. The van der Waals surface area contributed by atoms with Crippen molar-refractivity contribution < 1.29 is 4.79 Å². The molecule has 0 radical (unpaired) electrons. The molecule has 0 spiro atoms. The first-order chi connectivity index (χ1) is 12.2. The lowest BCUT2D eigenvalue weighted by Crippen LogP contribution is -2.51. The van der Waals surface area contributed by atoms with Gasteiger partial charge in [-0.25, -0.2) is 0 Å². The van der Waals surface area contributed by atoms with Crippen LogP contribution in [0.15, 0.2) is 30.3 Å². The fraction of sp³-hybridized carbons (Fsp3) is 0.526. The van der Waals surface area contributed by atoms with Gasteiger partial charge in [-0.1, -0.05) is 36.8 Å². The maximum Gasteiger partial charge on any atom is 0.240 e. The Labute approximate surface area is 160 Å². The maximum absolute atomic E-state index is 12.8. The summed E-state index contributed by atoms with van der Waals surface area (Å²) in [6.07, 6.45) is 4.01. The van der Waals surface area contributed by atoms with Gasteiger partial charge in [0, 0.05) is 13.0 Å². The molecule has 1 saturated heterocycles. The van der Waals surface area contributed by atoms with Crippen LogP contribution >= 0.6 is 12.4 Å². The Morgan fingerprint density at radius 2 is 2.04 bits per heavy atom. The Morgan fingerprint density at radius 1 is 1.23 bits per heavy atom. The molecular weight excluding hydrogens is 350 g/mol. The zero-order valence-electron chi connectivity index (χ0n) is 15.1. The number of fused-ring (bicyclic) bond motifs is 1. The maximum atomic E-state index is 12.8. The first-order valence-electron chi connectivity index (χ1n) is 9.21. The molecule has 7 heteroatoms. The molecule has 6 nitrogen and oxygen atoms in total. The molecule has 0 aliphatic carbocycles. The van der Waals surface area contributed by atoms with Crippen molar-refractivity contribution >= 4 is 18.3 Å². The zero-order chi connectivity index (χ0) is 17.2. The Kier molecular flexibility index (Phi) is 5.94. The lowest BCUT2D eigenvalue weighted by Gasteiger charge is -2.35. The van der Waals surface area contributed by atoms with Gasteiger partial charge in [0.1, 0.15) is 5.82 Å². The summed E-state index contributed by atoms with van der Waals surface area (Å²) in [7, 11) is 0. The SMILES string of the molecule is C[C@H]1CN(C(=O)[C@@H]2CCCCN2)Cc2nnc(Cc3ccccc3)n21.Cl. The molecule has 1 aromatic carbocycles. The van der Waals surface area contributed by atoms with Crippen LogP contribution in [0.3, 0.4) is 0 Å². The van der Waals surface area contributed by atoms with Gasteiger partial charge in [0.25, 0.3) is 0 Å². The number of carbonyl (C=O) groups excluding carboxylic acids is 1. The molecular formula is C19H26ClN5O. The van der Waals surface area contributed by atoms with E-state index in [2.05, 4.69) is 39.1 Å². The van der Waals surface area contributed by atoms with Crippen LogP contribution in [0, 0.1) is 0 Å². The fourth-order valence-corrected chi connectivity index (χ4v) is 3.96. The van der Waals surface area contributed by atoms with Gasteiger partial charge in [-0.15, -0.1) is 22.6 Å². The fourth-order valence-electron chi connectivity index (χ4n) is 3.96. The number of carbonyl (C=O) groups is 1. The Hall–Kier alpha value is -1.92. The largest absolute Gasteiger partial charge is 0.332 e. The van der Waals surface area contributed by atoms with Crippen LogP contribution in [0.1, 0.15) is 49.4 Å². The van der Waals surface area contributed by atoms with E-state index in [-0.39, 0.29) is 30.4 Å². The van der Waals surface area contributed by atoms with Gasteiger partial charge in [0.15, 0.2) is 5.82 Å². The number of halogens is 1. The van der Waals surface area contributed by atoms with E-state index < -0.39 is 0 Å². The van der Waals surface area contributed by atoms with E-state index in [1.807, 2.05) is 23.1 Å². The monoisotopic (exact) mass is 375 g/mol. The van der Waals surface area contributed by atoms with Crippen molar-refractivity contribution in [3.8, 4) is 0 Å². The third-order valence-corrected chi connectivity index (χ3v) is 5.22. The number of benzene rings is 1. The summed E-state index contributed by atoms with van der Waals surface area (Å²) in [4.78, 5) is 14.8. The summed E-state index contributed by atoms with van der Waals surface area (Å²) < 4.78 is 2.21. The van der Waals surface area contributed by atoms with Crippen LogP contribution in [-0.2, 0) is 17.8 Å². The molecule has 2 aromatic rings. The van der Waals surface area contributed by atoms with Crippen LogP contribution in [0.4, 0.5) is 0 Å². The number of hydrogen-bond donors (Lipinski definition) is 1. The summed E-state index contributed by atoms with van der Waals surface area (Å²) in [5.41, 5.74) is 1.23. The molecule has 2 aliphatic heterocycles. The standard InChI is InChI=1S/C19H25N5O.ClH/c1-14-12-23(19(25)16-9-5-6-10-20-16)13-18-22-21-17(24(14)18)11-15-7-3-2-4-8-15;/h2-4,7-8,14,16,20H,5-6,9-13H2,1H3;1H/t14-,16-;/m0./s1. The third kappa shape index (κ3) is 3.76. The highest BCUT2D eigenvalue weighted by Gasteiger charge is 2.32. The quantitative estimate of drug-likeness (QED) is 0.894. The lowest BCUT2D eigenvalue weighted by atomic mass is 10.0. The zero-order valence-corrected chi connectivity index (χ0v) is 15.9. The van der Waals surface area contributed by atoms with E-state index in [0.717, 1.165) is 50.4 Å².